The molecule has 0 bridgehead atoms. The molecule has 3 heterocycles. The Hall–Kier alpha value is -2.21. The molecule has 0 N–H and O–H groups in total. The summed E-state index contributed by atoms with van der Waals surface area (Å²) in [5.41, 5.74) is -2.34. The fraction of sp³-hybridized carbons (Fsp3) is 0.611. The van der Waals surface area contributed by atoms with Crippen molar-refractivity contribution < 1.29 is 22.7 Å². The summed E-state index contributed by atoms with van der Waals surface area (Å²) in [7, 11) is 0. The molecule has 1 aromatic heterocycles. The fourth-order valence-corrected chi connectivity index (χ4v) is 3.88. The Labute approximate surface area is 165 Å². The second-order valence-corrected chi connectivity index (χ2v) is 8.47. The van der Waals surface area contributed by atoms with Crippen LogP contribution in [0.5, 0.6) is 0 Å². The molecule has 1 aromatic rings. The fourth-order valence-electron chi connectivity index (χ4n) is 3.65. The number of rotatable bonds is 1. The Bertz CT molecular complexity index is 818. The van der Waals surface area contributed by atoms with Crippen LogP contribution in [0, 0.1) is 23.2 Å². The van der Waals surface area contributed by atoms with Crippen molar-refractivity contribution in [2.45, 2.75) is 32.5 Å². The predicted octanol–water partition coefficient (Wildman–Crippen LogP) is 3.93. The van der Waals surface area contributed by atoms with Gasteiger partial charge in [0.05, 0.1) is 5.56 Å². The summed E-state index contributed by atoms with van der Waals surface area (Å²) < 4.78 is 45.2. The lowest BCUT2D eigenvalue weighted by atomic mass is 10.0. The molecule has 2 atom stereocenters. The smallest absolute Gasteiger partial charge is 0.417 e. The Morgan fingerprint density at radius 3 is 2.29 bits per heavy atom. The Morgan fingerprint density at radius 1 is 1.25 bits per heavy atom. The predicted molar refractivity (Wildman–Crippen MR) is 96.0 cm³/mol. The first-order chi connectivity index (χ1) is 12.9. The van der Waals surface area contributed by atoms with E-state index >= 15 is 0 Å². The van der Waals surface area contributed by atoms with Gasteiger partial charge in [-0.05, 0) is 26.8 Å². The van der Waals surface area contributed by atoms with Crippen molar-refractivity contribution in [3.05, 3.63) is 22.3 Å². The summed E-state index contributed by atoms with van der Waals surface area (Å²) in [5, 5.41) is 8.52. The number of alkyl halides is 3. The number of carbonyl (C=O) groups excluding carboxylic acids is 1. The van der Waals surface area contributed by atoms with E-state index in [1.54, 1.807) is 30.6 Å². The molecule has 3 rings (SSSR count). The standard InChI is InChI=1S/C18H20ClF3N4O2/c1-17(2,3)28-16(27)26-8-10-6-25(7-11(10)9-26)14-4-13(18(20,21)22)12(5-23)15(19)24-14/h4,10-11H,6-9H2,1-3H3/t10-,11+. The summed E-state index contributed by atoms with van der Waals surface area (Å²) in [6.07, 6.45) is -5.08. The highest BCUT2D eigenvalue weighted by molar-refractivity contribution is 6.30. The highest BCUT2D eigenvalue weighted by atomic mass is 35.5. The SMILES string of the molecule is CC(C)(C)OC(=O)N1C[C@@H]2CN(c3cc(C(F)(F)F)c(C#N)c(Cl)n3)C[C@@H]2C1. The van der Waals surface area contributed by atoms with Crippen LogP contribution in [0.15, 0.2) is 6.07 Å². The van der Waals surface area contributed by atoms with Crippen LogP contribution in [0.1, 0.15) is 31.9 Å². The molecule has 0 aromatic carbocycles. The molecule has 10 heteroatoms. The lowest BCUT2D eigenvalue weighted by Crippen LogP contribution is -2.37. The van der Waals surface area contributed by atoms with Crippen molar-refractivity contribution >= 4 is 23.5 Å². The molecule has 0 saturated carbocycles. The first-order valence-corrected chi connectivity index (χ1v) is 9.17. The van der Waals surface area contributed by atoms with E-state index in [1.807, 2.05) is 0 Å². The molecule has 2 aliphatic heterocycles. The molecule has 0 unspecified atom stereocenters. The van der Waals surface area contributed by atoms with E-state index in [0.717, 1.165) is 6.07 Å². The number of ether oxygens (including phenoxy) is 1. The lowest BCUT2D eigenvalue weighted by Gasteiger charge is -2.26. The second-order valence-electron chi connectivity index (χ2n) is 8.11. The molecule has 28 heavy (non-hydrogen) atoms. The maximum absolute atomic E-state index is 13.3. The van der Waals surface area contributed by atoms with Gasteiger partial charge in [0.15, 0.2) is 0 Å². The molecule has 6 nitrogen and oxygen atoms in total. The Morgan fingerprint density at radius 2 is 1.82 bits per heavy atom. The van der Waals surface area contributed by atoms with Gasteiger partial charge in [0.1, 0.15) is 28.2 Å². The third-order valence-electron chi connectivity index (χ3n) is 4.84. The van der Waals surface area contributed by atoms with Gasteiger partial charge in [-0.25, -0.2) is 9.78 Å². The number of hydrogen-bond donors (Lipinski definition) is 0. The third-order valence-corrected chi connectivity index (χ3v) is 5.11. The Kier molecular flexibility index (Phi) is 5.13. The zero-order valence-corrected chi connectivity index (χ0v) is 16.4. The van der Waals surface area contributed by atoms with Gasteiger partial charge in [-0.3, -0.25) is 0 Å². The average Bonchev–Trinajstić information content (AvgIpc) is 3.10. The maximum atomic E-state index is 13.3. The van der Waals surface area contributed by atoms with E-state index < -0.39 is 28.1 Å². The molecule has 2 saturated heterocycles. The van der Waals surface area contributed by atoms with E-state index in [-0.39, 0.29) is 23.7 Å². The third kappa shape index (κ3) is 4.12. The largest absolute Gasteiger partial charge is 0.444 e. The van der Waals surface area contributed by atoms with E-state index in [4.69, 9.17) is 21.6 Å². The molecule has 152 valence electrons. The van der Waals surface area contributed by atoms with Crippen LogP contribution >= 0.6 is 11.6 Å². The van der Waals surface area contributed by atoms with Crippen molar-refractivity contribution in [2.75, 3.05) is 31.1 Å². The number of aromatic nitrogens is 1. The Balaban J connectivity index is 1.74. The van der Waals surface area contributed by atoms with Gasteiger partial charge in [-0.2, -0.15) is 18.4 Å². The van der Waals surface area contributed by atoms with Crippen molar-refractivity contribution in [3.63, 3.8) is 0 Å². The van der Waals surface area contributed by atoms with Gasteiger partial charge in [0, 0.05) is 38.0 Å². The lowest BCUT2D eigenvalue weighted by molar-refractivity contribution is -0.137. The number of likely N-dealkylation sites (tertiary alicyclic amines) is 1. The van der Waals surface area contributed by atoms with Gasteiger partial charge in [-0.15, -0.1) is 0 Å². The molecule has 2 aliphatic rings. The molecule has 2 fully saturated rings. The number of anilines is 1. The number of halogens is 4. The minimum atomic E-state index is -4.70. The maximum Gasteiger partial charge on any atom is 0.417 e. The quantitative estimate of drug-likeness (QED) is 0.649. The number of hydrogen-bond acceptors (Lipinski definition) is 5. The summed E-state index contributed by atoms with van der Waals surface area (Å²) in [4.78, 5) is 19.6. The first-order valence-electron chi connectivity index (χ1n) is 8.79. The normalized spacial score (nSPS) is 22.2. The number of pyridine rings is 1. The summed E-state index contributed by atoms with van der Waals surface area (Å²) in [5.74, 6) is 0.311. The molecule has 1 amide bonds. The molecular formula is C18H20ClF3N4O2. The number of fused-ring (bicyclic) bond motifs is 1. The van der Waals surface area contributed by atoms with E-state index in [0.29, 0.717) is 26.2 Å². The highest BCUT2D eigenvalue weighted by Gasteiger charge is 2.44. The minimum Gasteiger partial charge on any atom is -0.444 e. The molecular weight excluding hydrogens is 397 g/mol. The zero-order valence-electron chi connectivity index (χ0n) is 15.7. The topological polar surface area (TPSA) is 69.5 Å². The van der Waals surface area contributed by atoms with Gasteiger partial charge < -0.3 is 14.5 Å². The summed E-state index contributed by atoms with van der Waals surface area (Å²) in [6.45, 7) is 7.25. The second kappa shape index (κ2) is 6.99. The number of nitriles is 1. The molecule has 0 radical (unpaired) electrons. The van der Waals surface area contributed by atoms with Crippen LogP contribution in [0.3, 0.4) is 0 Å². The van der Waals surface area contributed by atoms with Crippen molar-refractivity contribution in [2.24, 2.45) is 11.8 Å². The number of amides is 1. The van der Waals surface area contributed by atoms with Crippen LogP contribution in [0.4, 0.5) is 23.8 Å². The van der Waals surface area contributed by atoms with Gasteiger partial charge in [0.25, 0.3) is 0 Å². The monoisotopic (exact) mass is 416 g/mol. The van der Waals surface area contributed by atoms with E-state index in [1.165, 1.54) is 6.07 Å². The molecule has 0 spiro atoms. The summed E-state index contributed by atoms with van der Waals surface area (Å²) in [6, 6.07) is 2.35. The minimum absolute atomic E-state index is 0.0922. The number of nitrogens with zero attached hydrogens (tertiary/aromatic N) is 4. The van der Waals surface area contributed by atoms with E-state index in [9.17, 15) is 18.0 Å². The summed E-state index contributed by atoms with van der Waals surface area (Å²) >= 11 is 5.84. The van der Waals surface area contributed by atoms with E-state index in [2.05, 4.69) is 4.98 Å². The average molecular weight is 417 g/mol. The highest BCUT2D eigenvalue weighted by Crippen LogP contribution is 2.39. The van der Waals surface area contributed by atoms with Crippen LogP contribution < -0.4 is 4.90 Å². The molecule has 0 aliphatic carbocycles. The van der Waals surface area contributed by atoms with Gasteiger partial charge in [-0.1, -0.05) is 11.6 Å². The first kappa shape index (κ1) is 20.5. The van der Waals surface area contributed by atoms with Gasteiger partial charge >= 0.3 is 12.3 Å². The van der Waals surface area contributed by atoms with Crippen molar-refractivity contribution in [1.29, 1.82) is 5.26 Å². The zero-order chi connectivity index (χ0) is 20.9. The van der Waals surface area contributed by atoms with Crippen molar-refractivity contribution in [1.82, 2.24) is 9.88 Å². The van der Waals surface area contributed by atoms with Crippen LogP contribution in [-0.4, -0.2) is 47.8 Å². The van der Waals surface area contributed by atoms with Crippen molar-refractivity contribution in [3.8, 4) is 6.07 Å². The van der Waals surface area contributed by atoms with Crippen LogP contribution in [0.25, 0.3) is 0 Å². The number of carbonyl (C=O) groups is 1. The van der Waals surface area contributed by atoms with Crippen LogP contribution in [0.2, 0.25) is 5.15 Å². The van der Waals surface area contributed by atoms with Gasteiger partial charge in [0.2, 0.25) is 0 Å². The van der Waals surface area contributed by atoms with Crippen LogP contribution in [-0.2, 0) is 10.9 Å².